The normalized spacial score (nSPS) is 31.4. The summed E-state index contributed by atoms with van der Waals surface area (Å²) in [5.74, 6) is 0.429. The summed E-state index contributed by atoms with van der Waals surface area (Å²) in [6, 6.07) is 0. The van der Waals surface area contributed by atoms with Gasteiger partial charge in [0.2, 0.25) is 0 Å². The Bertz CT molecular complexity index is 484. The fourth-order valence-electron chi connectivity index (χ4n) is 3.86. The molecular weight excluding hydrogens is 320 g/mol. The molecule has 0 aromatic heterocycles. The summed E-state index contributed by atoms with van der Waals surface area (Å²) in [6.45, 7) is 2.14. The van der Waals surface area contributed by atoms with Crippen molar-refractivity contribution in [2.24, 2.45) is 11.8 Å². The molecular formula is C20H32O5. The second-order valence-electron chi connectivity index (χ2n) is 7.31. The van der Waals surface area contributed by atoms with Crippen LogP contribution in [0.4, 0.5) is 0 Å². The third kappa shape index (κ3) is 6.15. The first-order valence-corrected chi connectivity index (χ1v) is 9.63. The topological polar surface area (TPSA) is 87.0 Å². The Balaban J connectivity index is 1.83. The van der Waals surface area contributed by atoms with Crippen LogP contribution in [-0.2, 0) is 9.53 Å². The van der Waals surface area contributed by atoms with Gasteiger partial charge in [0.15, 0.2) is 0 Å². The summed E-state index contributed by atoms with van der Waals surface area (Å²) >= 11 is 0. The van der Waals surface area contributed by atoms with Crippen LogP contribution in [0.3, 0.4) is 0 Å². The SMILES string of the molecule is CCCCC[C@H](O)/C=C/[C@H]1C(O)C[C@H]2O/C(=C\CCCC(=O)O)C[C@@H]21. The maximum Gasteiger partial charge on any atom is 0.303 e. The molecule has 0 amide bonds. The van der Waals surface area contributed by atoms with Gasteiger partial charge in [0, 0.05) is 31.1 Å². The van der Waals surface area contributed by atoms with Crippen molar-refractivity contribution in [1.29, 1.82) is 0 Å². The zero-order valence-electron chi connectivity index (χ0n) is 15.1. The Labute approximate surface area is 150 Å². The van der Waals surface area contributed by atoms with Crippen LogP contribution in [0.1, 0.15) is 64.7 Å². The molecule has 0 spiro atoms. The summed E-state index contributed by atoms with van der Waals surface area (Å²) in [7, 11) is 0. The van der Waals surface area contributed by atoms with E-state index < -0.39 is 18.2 Å². The zero-order chi connectivity index (χ0) is 18.2. The minimum absolute atomic E-state index is 0.0238. The van der Waals surface area contributed by atoms with Crippen molar-refractivity contribution in [2.75, 3.05) is 0 Å². The Morgan fingerprint density at radius 2 is 2.16 bits per heavy atom. The molecule has 5 nitrogen and oxygen atoms in total. The highest BCUT2D eigenvalue weighted by atomic mass is 16.5. The molecule has 2 aliphatic rings. The number of rotatable bonds is 10. The first kappa shape index (κ1) is 20.0. The highest BCUT2D eigenvalue weighted by Gasteiger charge is 2.46. The van der Waals surface area contributed by atoms with Crippen molar-refractivity contribution in [3.05, 3.63) is 24.0 Å². The van der Waals surface area contributed by atoms with Gasteiger partial charge in [0.25, 0.3) is 0 Å². The fourth-order valence-corrected chi connectivity index (χ4v) is 3.86. The first-order valence-electron chi connectivity index (χ1n) is 9.63. The van der Waals surface area contributed by atoms with Crippen LogP contribution in [0.2, 0.25) is 0 Å². The van der Waals surface area contributed by atoms with Crippen molar-refractivity contribution >= 4 is 5.97 Å². The molecule has 0 bridgehead atoms. The van der Waals surface area contributed by atoms with Gasteiger partial charge in [-0.05, 0) is 25.3 Å². The monoisotopic (exact) mass is 352 g/mol. The standard InChI is InChI=1S/C20H32O5/c1-2-3-4-7-14(21)10-11-16-17-12-15(8-5-6-9-20(23)24)25-19(17)13-18(16)22/h8,10-11,14,16-19,21-22H,2-7,9,12-13H2,1H3,(H,23,24)/b11-10+,15-8-/t14-,16+,17+,18?,19+/m0/s1. The van der Waals surface area contributed by atoms with Gasteiger partial charge >= 0.3 is 5.97 Å². The number of carbonyl (C=O) groups is 1. The van der Waals surface area contributed by atoms with E-state index in [0.29, 0.717) is 19.3 Å². The lowest BCUT2D eigenvalue weighted by Crippen LogP contribution is -2.18. The van der Waals surface area contributed by atoms with Gasteiger partial charge in [-0.15, -0.1) is 0 Å². The van der Waals surface area contributed by atoms with E-state index in [1.807, 2.05) is 18.2 Å². The summed E-state index contributed by atoms with van der Waals surface area (Å²) < 4.78 is 5.94. The predicted molar refractivity (Wildman–Crippen MR) is 96.0 cm³/mol. The predicted octanol–water partition coefficient (Wildman–Crippen LogP) is 3.41. The van der Waals surface area contributed by atoms with Gasteiger partial charge in [-0.25, -0.2) is 0 Å². The highest BCUT2D eigenvalue weighted by molar-refractivity contribution is 5.66. The highest BCUT2D eigenvalue weighted by Crippen LogP contribution is 2.45. The van der Waals surface area contributed by atoms with Crippen LogP contribution >= 0.6 is 0 Å². The molecule has 2 rings (SSSR count). The first-order chi connectivity index (χ1) is 12.0. The third-order valence-electron chi connectivity index (χ3n) is 5.26. The summed E-state index contributed by atoms with van der Waals surface area (Å²) in [5.41, 5.74) is 0. The summed E-state index contributed by atoms with van der Waals surface area (Å²) in [5, 5.41) is 29.0. The molecule has 1 heterocycles. The van der Waals surface area contributed by atoms with E-state index in [9.17, 15) is 15.0 Å². The van der Waals surface area contributed by atoms with Gasteiger partial charge in [0.05, 0.1) is 18.0 Å². The van der Waals surface area contributed by atoms with Gasteiger partial charge in [0.1, 0.15) is 6.10 Å². The molecule has 0 radical (unpaired) electrons. The number of aliphatic hydroxyl groups is 2. The number of aliphatic carboxylic acids is 1. The fraction of sp³-hybridized carbons (Fsp3) is 0.750. The lowest BCUT2D eigenvalue weighted by Gasteiger charge is -2.16. The number of hydrogen-bond donors (Lipinski definition) is 3. The number of unbranched alkanes of at least 4 members (excludes halogenated alkanes) is 3. The van der Waals surface area contributed by atoms with E-state index >= 15 is 0 Å². The molecule has 5 heteroatoms. The van der Waals surface area contributed by atoms with Crippen molar-refractivity contribution in [1.82, 2.24) is 0 Å². The average Bonchev–Trinajstić information content (AvgIpc) is 3.06. The van der Waals surface area contributed by atoms with Crippen molar-refractivity contribution < 1.29 is 24.9 Å². The second-order valence-corrected chi connectivity index (χ2v) is 7.31. The molecule has 142 valence electrons. The average molecular weight is 352 g/mol. The number of ether oxygens (including phenoxy) is 1. The minimum Gasteiger partial charge on any atom is -0.495 e. The Morgan fingerprint density at radius 1 is 1.36 bits per heavy atom. The zero-order valence-corrected chi connectivity index (χ0v) is 15.1. The Kier molecular flexibility index (Phi) is 7.97. The van der Waals surface area contributed by atoms with Gasteiger partial charge in [-0.2, -0.15) is 0 Å². The van der Waals surface area contributed by atoms with Crippen LogP contribution in [0.25, 0.3) is 0 Å². The number of hydrogen-bond acceptors (Lipinski definition) is 4. The van der Waals surface area contributed by atoms with E-state index in [1.54, 1.807) is 0 Å². The van der Waals surface area contributed by atoms with Crippen LogP contribution in [0.15, 0.2) is 24.0 Å². The van der Waals surface area contributed by atoms with Gasteiger partial charge in [-0.3, -0.25) is 4.79 Å². The molecule has 2 fully saturated rings. The largest absolute Gasteiger partial charge is 0.495 e. The van der Waals surface area contributed by atoms with Gasteiger partial charge in [-0.1, -0.05) is 38.3 Å². The van der Waals surface area contributed by atoms with Crippen LogP contribution < -0.4 is 0 Å². The van der Waals surface area contributed by atoms with Crippen LogP contribution in [-0.4, -0.2) is 39.6 Å². The molecule has 0 aromatic rings. The van der Waals surface area contributed by atoms with E-state index in [-0.39, 0.29) is 24.4 Å². The van der Waals surface area contributed by atoms with Crippen LogP contribution in [0.5, 0.6) is 0 Å². The third-order valence-corrected chi connectivity index (χ3v) is 5.26. The second kappa shape index (κ2) is 9.97. The lowest BCUT2D eigenvalue weighted by atomic mass is 9.90. The number of carboxylic acids is 1. The number of fused-ring (bicyclic) bond motifs is 1. The molecule has 1 aliphatic heterocycles. The maximum absolute atomic E-state index is 10.5. The number of allylic oxidation sites excluding steroid dienone is 2. The van der Waals surface area contributed by atoms with E-state index in [4.69, 9.17) is 9.84 Å². The molecule has 1 aliphatic carbocycles. The molecule has 0 aromatic carbocycles. The Morgan fingerprint density at radius 3 is 2.88 bits per heavy atom. The summed E-state index contributed by atoms with van der Waals surface area (Å²) in [4.78, 5) is 10.5. The van der Waals surface area contributed by atoms with E-state index in [0.717, 1.165) is 37.9 Å². The quantitative estimate of drug-likeness (QED) is 0.414. The molecule has 1 saturated carbocycles. The van der Waals surface area contributed by atoms with Gasteiger partial charge < -0.3 is 20.1 Å². The molecule has 3 N–H and O–H groups in total. The van der Waals surface area contributed by atoms with Crippen molar-refractivity contribution in [2.45, 2.75) is 83.0 Å². The minimum atomic E-state index is -0.770. The number of carboxylic acid groups (broad SMARTS) is 1. The molecule has 1 unspecified atom stereocenters. The van der Waals surface area contributed by atoms with Crippen LogP contribution in [0, 0.1) is 11.8 Å². The molecule has 25 heavy (non-hydrogen) atoms. The lowest BCUT2D eigenvalue weighted by molar-refractivity contribution is -0.137. The van der Waals surface area contributed by atoms with E-state index in [2.05, 4.69) is 6.92 Å². The molecule has 5 atom stereocenters. The molecule has 1 saturated heterocycles. The van der Waals surface area contributed by atoms with E-state index in [1.165, 1.54) is 0 Å². The van der Waals surface area contributed by atoms with Crippen molar-refractivity contribution in [3.63, 3.8) is 0 Å². The smallest absolute Gasteiger partial charge is 0.303 e. The summed E-state index contributed by atoms with van der Waals surface area (Å²) in [6.07, 6.45) is 12.0. The Hall–Kier alpha value is -1.33. The number of aliphatic hydroxyl groups excluding tert-OH is 2. The maximum atomic E-state index is 10.5. The van der Waals surface area contributed by atoms with Crippen molar-refractivity contribution in [3.8, 4) is 0 Å².